The van der Waals surface area contributed by atoms with Crippen LogP contribution < -0.4 is 5.32 Å². The molecule has 2 heterocycles. The number of carboxylic acid groups (broad SMARTS) is 1. The number of pyridine rings is 1. The van der Waals surface area contributed by atoms with Gasteiger partial charge in [-0.1, -0.05) is 48.5 Å². The summed E-state index contributed by atoms with van der Waals surface area (Å²) >= 11 is 0. The zero-order chi connectivity index (χ0) is 22.9. The highest BCUT2D eigenvalue weighted by Crippen LogP contribution is 2.44. The van der Waals surface area contributed by atoms with Crippen LogP contribution in [-0.2, 0) is 9.53 Å². The summed E-state index contributed by atoms with van der Waals surface area (Å²) in [4.78, 5) is 41.3. The number of hydrogen-bond acceptors (Lipinski definition) is 5. The summed E-state index contributed by atoms with van der Waals surface area (Å²) in [5, 5.41) is 11.7. The van der Waals surface area contributed by atoms with E-state index in [1.807, 2.05) is 36.4 Å². The van der Waals surface area contributed by atoms with Crippen molar-refractivity contribution in [3.8, 4) is 11.1 Å². The van der Waals surface area contributed by atoms with Gasteiger partial charge >= 0.3 is 12.1 Å². The third-order valence-corrected chi connectivity index (χ3v) is 6.14. The predicted octanol–water partition coefficient (Wildman–Crippen LogP) is 3.74. The molecule has 0 spiro atoms. The van der Waals surface area contributed by atoms with Crippen LogP contribution in [0, 0.1) is 0 Å². The highest BCUT2D eigenvalue weighted by molar-refractivity contribution is 5.96. The van der Waals surface area contributed by atoms with Crippen LogP contribution in [0.3, 0.4) is 0 Å². The highest BCUT2D eigenvalue weighted by atomic mass is 16.5. The molecule has 2 aliphatic rings. The second-order valence-corrected chi connectivity index (χ2v) is 8.02. The van der Waals surface area contributed by atoms with E-state index in [0.29, 0.717) is 18.7 Å². The number of ether oxygens (including phenoxy) is 1. The second kappa shape index (κ2) is 8.38. The van der Waals surface area contributed by atoms with Crippen molar-refractivity contribution in [2.75, 3.05) is 18.5 Å². The SMILES string of the molecule is O=C(Nc1ccc(C(=O)N2CCC2C(=O)O)nc1)OCC1c2ccccc2-c2ccccc21. The molecule has 1 aromatic heterocycles. The van der Waals surface area contributed by atoms with Gasteiger partial charge in [0.05, 0.1) is 11.9 Å². The van der Waals surface area contributed by atoms with Gasteiger partial charge in [-0.2, -0.15) is 0 Å². The number of aromatic nitrogens is 1. The number of amides is 2. The van der Waals surface area contributed by atoms with Crippen molar-refractivity contribution in [3.63, 3.8) is 0 Å². The first-order chi connectivity index (χ1) is 16.0. The molecule has 0 bridgehead atoms. The summed E-state index contributed by atoms with van der Waals surface area (Å²) in [6.07, 6.45) is 1.17. The van der Waals surface area contributed by atoms with Crippen molar-refractivity contribution in [1.82, 2.24) is 9.88 Å². The first-order valence-corrected chi connectivity index (χ1v) is 10.6. The molecule has 8 nitrogen and oxygen atoms in total. The smallest absolute Gasteiger partial charge is 0.411 e. The summed E-state index contributed by atoms with van der Waals surface area (Å²) in [5.41, 5.74) is 5.06. The minimum absolute atomic E-state index is 0.0417. The van der Waals surface area contributed by atoms with Gasteiger partial charge in [-0.15, -0.1) is 0 Å². The number of benzene rings is 2. The van der Waals surface area contributed by atoms with Crippen LogP contribution in [0.15, 0.2) is 66.9 Å². The zero-order valence-electron chi connectivity index (χ0n) is 17.6. The average molecular weight is 443 g/mol. The van der Waals surface area contributed by atoms with Gasteiger partial charge in [-0.25, -0.2) is 14.6 Å². The van der Waals surface area contributed by atoms with Crippen LogP contribution in [-0.4, -0.2) is 52.2 Å². The lowest BCUT2D eigenvalue weighted by Gasteiger charge is -2.37. The second-order valence-electron chi connectivity index (χ2n) is 8.02. The molecule has 1 aliphatic carbocycles. The number of rotatable bonds is 5. The third-order valence-electron chi connectivity index (χ3n) is 6.14. The number of carboxylic acids is 1. The fourth-order valence-corrected chi connectivity index (χ4v) is 4.38. The molecule has 33 heavy (non-hydrogen) atoms. The van der Waals surface area contributed by atoms with Crippen LogP contribution in [0.5, 0.6) is 0 Å². The Morgan fingerprint density at radius 3 is 2.21 bits per heavy atom. The molecular formula is C25H21N3O5. The van der Waals surface area contributed by atoms with Gasteiger partial charge in [0.2, 0.25) is 0 Å². The molecule has 166 valence electrons. The van der Waals surface area contributed by atoms with Crippen LogP contribution in [0.4, 0.5) is 10.5 Å². The Morgan fingerprint density at radius 1 is 1.00 bits per heavy atom. The molecule has 0 saturated carbocycles. The summed E-state index contributed by atoms with van der Waals surface area (Å²) in [5.74, 6) is -1.51. The van der Waals surface area contributed by atoms with Crippen molar-refractivity contribution in [2.24, 2.45) is 0 Å². The number of nitrogens with one attached hydrogen (secondary N) is 1. The molecule has 3 aromatic rings. The third kappa shape index (κ3) is 3.80. The summed E-state index contributed by atoms with van der Waals surface area (Å²) in [6, 6.07) is 18.4. The summed E-state index contributed by atoms with van der Waals surface area (Å²) in [6.45, 7) is 0.576. The quantitative estimate of drug-likeness (QED) is 0.622. The summed E-state index contributed by atoms with van der Waals surface area (Å²) in [7, 11) is 0. The number of anilines is 1. The van der Waals surface area contributed by atoms with E-state index in [1.54, 1.807) is 0 Å². The van der Waals surface area contributed by atoms with Crippen molar-refractivity contribution in [2.45, 2.75) is 18.4 Å². The normalized spacial score (nSPS) is 16.4. The number of likely N-dealkylation sites (tertiary alicyclic amines) is 1. The molecule has 0 radical (unpaired) electrons. The molecular weight excluding hydrogens is 422 g/mol. The fourth-order valence-electron chi connectivity index (χ4n) is 4.38. The monoisotopic (exact) mass is 443 g/mol. The van der Waals surface area contributed by atoms with E-state index in [0.717, 1.165) is 22.3 Å². The first kappa shape index (κ1) is 20.7. The molecule has 1 atom stereocenters. The molecule has 1 aliphatic heterocycles. The minimum Gasteiger partial charge on any atom is -0.480 e. The Kier molecular flexibility index (Phi) is 5.26. The minimum atomic E-state index is -1.02. The maximum Gasteiger partial charge on any atom is 0.411 e. The molecule has 2 aromatic carbocycles. The van der Waals surface area contributed by atoms with Crippen molar-refractivity contribution in [3.05, 3.63) is 83.7 Å². The zero-order valence-corrected chi connectivity index (χ0v) is 17.6. The lowest BCUT2D eigenvalue weighted by atomic mass is 9.98. The maximum atomic E-state index is 12.4. The van der Waals surface area contributed by atoms with Crippen molar-refractivity contribution >= 4 is 23.7 Å². The van der Waals surface area contributed by atoms with Crippen molar-refractivity contribution in [1.29, 1.82) is 0 Å². The average Bonchev–Trinajstić information content (AvgIpc) is 3.11. The number of aliphatic carboxylic acids is 1. The van der Waals surface area contributed by atoms with Gasteiger partial charge in [0.1, 0.15) is 18.3 Å². The molecule has 1 fully saturated rings. The first-order valence-electron chi connectivity index (χ1n) is 10.6. The maximum absolute atomic E-state index is 12.4. The van der Waals surface area contributed by atoms with E-state index in [4.69, 9.17) is 9.84 Å². The van der Waals surface area contributed by atoms with Crippen LogP contribution in [0.25, 0.3) is 11.1 Å². The molecule has 8 heteroatoms. The molecule has 5 rings (SSSR count). The van der Waals surface area contributed by atoms with Gasteiger partial charge in [0.15, 0.2) is 0 Å². The molecule has 2 amide bonds. The number of carbonyl (C=O) groups is 3. The van der Waals surface area contributed by atoms with Gasteiger partial charge in [0.25, 0.3) is 5.91 Å². The predicted molar refractivity (Wildman–Crippen MR) is 120 cm³/mol. The number of nitrogens with zero attached hydrogens (tertiary/aromatic N) is 2. The summed E-state index contributed by atoms with van der Waals surface area (Å²) < 4.78 is 5.51. The van der Waals surface area contributed by atoms with E-state index >= 15 is 0 Å². The van der Waals surface area contributed by atoms with Gasteiger partial charge in [0, 0.05) is 12.5 Å². The largest absolute Gasteiger partial charge is 0.480 e. The van der Waals surface area contributed by atoms with Gasteiger partial charge in [-0.3, -0.25) is 10.1 Å². The van der Waals surface area contributed by atoms with Gasteiger partial charge in [-0.05, 0) is 40.8 Å². The number of fused-ring (bicyclic) bond motifs is 3. The number of hydrogen-bond donors (Lipinski definition) is 2. The topological polar surface area (TPSA) is 109 Å². The van der Waals surface area contributed by atoms with E-state index in [1.165, 1.54) is 23.2 Å². The Labute approximate surface area is 189 Å². The highest BCUT2D eigenvalue weighted by Gasteiger charge is 2.38. The van der Waals surface area contributed by atoms with E-state index in [-0.39, 0.29) is 18.2 Å². The number of carbonyl (C=O) groups excluding carboxylic acids is 2. The van der Waals surface area contributed by atoms with Crippen LogP contribution >= 0.6 is 0 Å². The Bertz CT molecular complexity index is 1200. The fraction of sp³-hybridized carbons (Fsp3) is 0.200. The molecule has 1 unspecified atom stereocenters. The van der Waals surface area contributed by atoms with Gasteiger partial charge < -0.3 is 14.7 Å². The molecule has 2 N–H and O–H groups in total. The van der Waals surface area contributed by atoms with Crippen LogP contribution in [0.2, 0.25) is 0 Å². The van der Waals surface area contributed by atoms with Crippen LogP contribution in [0.1, 0.15) is 34.0 Å². The molecule has 1 saturated heterocycles. The Balaban J connectivity index is 1.21. The lowest BCUT2D eigenvalue weighted by molar-refractivity contribution is -0.146. The lowest BCUT2D eigenvalue weighted by Crippen LogP contribution is -2.55. The van der Waals surface area contributed by atoms with E-state index in [2.05, 4.69) is 22.4 Å². The Morgan fingerprint density at radius 2 is 1.67 bits per heavy atom. The van der Waals surface area contributed by atoms with Crippen molar-refractivity contribution < 1.29 is 24.2 Å². The standard InChI is InChI=1S/C25H21N3O5/c29-23(28-12-11-22(28)24(30)31)21-10-9-15(13-26-21)27-25(32)33-14-20-18-7-3-1-5-16(18)17-6-2-4-8-19(17)20/h1-10,13,20,22H,11-12,14H2,(H,27,32)(H,30,31). The van der Waals surface area contributed by atoms with E-state index < -0.39 is 24.0 Å². The van der Waals surface area contributed by atoms with E-state index in [9.17, 15) is 14.4 Å². The Hall–Kier alpha value is -4.20.